The molecule has 2 rings (SSSR count). The maximum absolute atomic E-state index is 3.64. The standard InChI is InChI=1S/C16H29N3/c1-4-18-10-7-15(13-18)11-17-12-16(14(2)3)19-8-5-6-9-19/h7,10,13-14,16-17H,4-6,8-9,11-12H2,1-3H3. The van der Waals surface area contributed by atoms with E-state index in [-0.39, 0.29) is 0 Å². The smallest absolute Gasteiger partial charge is 0.0243 e. The molecule has 3 heteroatoms. The second kappa shape index (κ2) is 7.11. The maximum Gasteiger partial charge on any atom is 0.0243 e. The first kappa shape index (κ1) is 14.6. The first-order valence-electron chi connectivity index (χ1n) is 7.80. The summed E-state index contributed by atoms with van der Waals surface area (Å²) in [6.07, 6.45) is 7.16. The summed E-state index contributed by atoms with van der Waals surface area (Å²) in [6, 6.07) is 2.91. The fraction of sp³-hybridized carbons (Fsp3) is 0.750. The summed E-state index contributed by atoms with van der Waals surface area (Å²) in [4.78, 5) is 2.66. The number of nitrogens with zero attached hydrogens (tertiary/aromatic N) is 2. The van der Waals surface area contributed by atoms with E-state index in [4.69, 9.17) is 0 Å². The van der Waals surface area contributed by atoms with Crippen LogP contribution in [0, 0.1) is 5.92 Å². The van der Waals surface area contributed by atoms with Gasteiger partial charge in [-0.3, -0.25) is 4.90 Å². The maximum atomic E-state index is 3.64. The number of hydrogen-bond acceptors (Lipinski definition) is 2. The van der Waals surface area contributed by atoms with Crippen molar-refractivity contribution in [2.24, 2.45) is 5.92 Å². The van der Waals surface area contributed by atoms with Gasteiger partial charge in [-0.25, -0.2) is 0 Å². The summed E-state index contributed by atoms with van der Waals surface area (Å²) in [5.41, 5.74) is 1.39. The molecule has 1 N–H and O–H groups in total. The van der Waals surface area contributed by atoms with Crippen LogP contribution < -0.4 is 5.32 Å². The molecule has 0 amide bonds. The Balaban J connectivity index is 1.78. The molecule has 1 aliphatic rings. The van der Waals surface area contributed by atoms with E-state index in [0.717, 1.165) is 25.6 Å². The Hall–Kier alpha value is -0.800. The lowest BCUT2D eigenvalue weighted by molar-refractivity contribution is 0.186. The van der Waals surface area contributed by atoms with Crippen LogP contribution in [0.5, 0.6) is 0 Å². The summed E-state index contributed by atoms with van der Waals surface area (Å²) in [7, 11) is 0. The highest BCUT2D eigenvalue weighted by molar-refractivity contribution is 5.09. The van der Waals surface area contributed by atoms with Crippen molar-refractivity contribution in [3.8, 4) is 0 Å². The predicted octanol–water partition coefficient (Wildman–Crippen LogP) is 2.72. The van der Waals surface area contributed by atoms with Crippen LogP contribution in [0.3, 0.4) is 0 Å². The van der Waals surface area contributed by atoms with E-state index in [1.165, 1.54) is 31.5 Å². The molecule has 2 heterocycles. The number of rotatable bonds is 7. The number of aryl methyl sites for hydroxylation is 1. The van der Waals surface area contributed by atoms with Crippen molar-refractivity contribution in [3.05, 3.63) is 24.0 Å². The molecule has 0 aromatic carbocycles. The zero-order chi connectivity index (χ0) is 13.7. The van der Waals surface area contributed by atoms with E-state index in [2.05, 4.69) is 54.0 Å². The second-order valence-corrected chi connectivity index (χ2v) is 6.04. The SMILES string of the molecule is CCn1ccc(CNCC(C(C)C)N2CCCC2)c1. The molecule has 108 valence electrons. The van der Waals surface area contributed by atoms with Gasteiger partial charge in [0, 0.05) is 38.1 Å². The van der Waals surface area contributed by atoms with Crippen LogP contribution in [-0.4, -0.2) is 35.1 Å². The van der Waals surface area contributed by atoms with Gasteiger partial charge in [0.15, 0.2) is 0 Å². The van der Waals surface area contributed by atoms with Gasteiger partial charge in [0.25, 0.3) is 0 Å². The van der Waals surface area contributed by atoms with Gasteiger partial charge in [-0.1, -0.05) is 13.8 Å². The zero-order valence-corrected chi connectivity index (χ0v) is 12.7. The third-order valence-corrected chi connectivity index (χ3v) is 4.24. The van der Waals surface area contributed by atoms with Crippen molar-refractivity contribution < 1.29 is 0 Å². The van der Waals surface area contributed by atoms with Crippen LogP contribution in [0.15, 0.2) is 18.5 Å². The molecule has 1 atom stereocenters. The van der Waals surface area contributed by atoms with Crippen molar-refractivity contribution in [1.82, 2.24) is 14.8 Å². The Kier molecular flexibility index (Phi) is 5.46. The van der Waals surface area contributed by atoms with Gasteiger partial charge in [0.2, 0.25) is 0 Å². The fourth-order valence-electron chi connectivity index (χ4n) is 3.02. The molecule has 0 radical (unpaired) electrons. The molecule has 19 heavy (non-hydrogen) atoms. The Morgan fingerprint density at radius 3 is 2.58 bits per heavy atom. The van der Waals surface area contributed by atoms with Crippen LogP contribution in [0.2, 0.25) is 0 Å². The summed E-state index contributed by atoms with van der Waals surface area (Å²) in [5, 5.41) is 3.64. The first-order valence-corrected chi connectivity index (χ1v) is 7.80. The van der Waals surface area contributed by atoms with Crippen LogP contribution in [0.4, 0.5) is 0 Å². The van der Waals surface area contributed by atoms with Crippen LogP contribution in [0.1, 0.15) is 39.2 Å². The number of aromatic nitrogens is 1. The Morgan fingerprint density at radius 2 is 2.00 bits per heavy atom. The van der Waals surface area contributed by atoms with Crippen molar-refractivity contribution in [2.75, 3.05) is 19.6 Å². The molecule has 1 aromatic rings. The lowest BCUT2D eigenvalue weighted by Crippen LogP contribution is -2.44. The Morgan fingerprint density at radius 1 is 1.26 bits per heavy atom. The molecule has 0 saturated carbocycles. The molecule has 1 fully saturated rings. The summed E-state index contributed by atoms with van der Waals surface area (Å²) < 4.78 is 2.23. The molecular weight excluding hydrogens is 234 g/mol. The fourth-order valence-corrected chi connectivity index (χ4v) is 3.02. The molecule has 3 nitrogen and oxygen atoms in total. The normalized spacial score (nSPS) is 18.3. The van der Waals surface area contributed by atoms with E-state index in [1.807, 2.05) is 0 Å². The van der Waals surface area contributed by atoms with E-state index < -0.39 is 0 Å². The van der Waals surface area contributed by atoms with Crippen LogP contribution in [0.25, 0.3) is 0 Å². The largest absolute Gasteiger partial charge is 0.354 e. The molecule has 1 aromatic heterocycles. The number of likely N-dealkylation sites (tertiary alicyclic amines) is 1. The minimum atomic E-state index is 0.691. The van der Waals surface area contributed by atoms with Gasteiger partial charge >= 0.3 is 0 Å². The van der Waals surface area contributed by atoms with Crippen LogP contribution >= 0.6 is 0 Å². The van der Waals surface area contributed by atoms with Gasteiger partial charge in [-0.15, -0.1) is 0 Å². The topological polar surface area (TPSA) is 20.2 Å². The quantitative estimate of drug-likeness (QED) is 0.816. The highest BCUT2D eigenvalue weighted by Crippen LogP contribution is 2.17. The highest BCUT2D eigenvalue weighted by atomic mass is 15.2. The molecular formula is C16H29N3. The van der Waals surface area contributed by atoms with Crippen molar-refractivity contribution in [2.45, 2.75) is 52.7 Å². The van der Waals surface area contributed by atoms with E-state index in [0.29, 0.717) is 6.04 Å². The van der Waals surface area contributed by atoms with Crippen molar-refractivity contribution >= 4 is 0 Å². The van der Waals surface area contributed by atoms with Gasteiger partial charge in [0.05, 0.1) is 0 Å². The molecule has 0 spiro atoms. The Labute approximate surface area is 118 Å². The van der Waals surface area contributed by atoms with Gasteiger partial charge < -0.3 is 9.88 Å². The second-order valence-electron chi connectivity index (χ2n) is 6.04. The third-order valence-electron chi connectivity index (χ3n) is 4.24. The first-order chi connectivity index (χ1) is 9.20. The lowest BCUT2D eigenvalue weighted by Gasteiger charge is -2.31. The number of nitrogens with one attached hydrogen (secondary N) is 1. The zero-order valence-electron chi connectivity index (χ0n) is 12.7. The molecule has 1 aliphatic heterocycles. The highest BCUT2D eigenvalue weighted by Gasteiger charge is 2.23. The van der Waals surface area contributed by atoms with Gasteiger partial charge in [-0.2, -0.15) is 0 Å². The van der Waals surface area contributed by atoms with Gasteiger partial charge in [0.1, 0.15) is 0 Å². The summed E-state index contributed by atoms with van der Waals surface area (Å²) >= 11 is 0. The monoisotopic (exact) mass is 263 g/mol. The van der Waals surface area contributed by atoms with E-state index in [1.54, 1.807) is 0 Å². The molecule has 1 saturated heterocycles. The minimum absolute atomic E-state index is 0.691. The van der Waals surface area contributed by atoms with Crippen molar-refractivity contribution in [1.29, 1.82) is 0 Å². The van der Waals surface area contributed by atoms with Crippen LogP contribution in [-0.2, 0) is 13.1 Å². The average Bonchev–Trinajstić information content (AvgIpc) is 3.05. The minimum Gasteiger partial charge on any atom is -0.354 e. The predicted molar refractivity (Wildman–Crippen MR) is 81.2 cm³/mol. The summed E-state index contributed by atoms with van der Waals surface area (Å²) in [5.74, 6) is 0.728. The Bertz CT molecular complexity index is 364. The van der Waals surface area contributed by atoms with Crippen molar-refractivity contribution in [3.63, 3.8) is 0 Å². The molecule has 0 aliphatic carbocycles. The average molecular weight is 263 g/mol. The molecule has 1 unspecified atom stereocenters. The third kappa shape index (κ3) is 4.08. The lowest BCUT2D eigenvalue weighted by atomic mass is 10.0. The van der Waals surface area contributed by atoms with E-state index >= 15 is 0 Å². The van der Waals surface area contributed by atoms with Gasteiger partial charge in [-0.05, 0) is 50.4 Å². The summed E-state index contributed by atoms with van der Waals surface area (Å²) in [6.45, 7) is 12.6. The number of hydrogen-bond donors (Lipinski definition) is 1. The van der Waals surface area contributed by atoms with E-state index in [9.17, 15) is 0 Å². The molecule has 0 bridgehead atoms.